The molecule has 0 aliphatic heterocycles. The molecule has 0 saturated heterocycles. The molecule has 3 atom stereocenters. The fourth-order valence-electron chi connectivity index (χ4n) is 1.51. The SMILES string of the molecule is C[C@@]1(O)C[C@H](CO)C[C@@H]1O. The van der Waals surface area contributed by atoms with Crippen LogP contribution in [0.1, 0.15) is 19.8 Å². The number of hydrogen-bond acceptors (Lipinski definition) is 3. The summed E-state index contributed by atoms with van der Waals surface area (Å²) in [5.41, 5.74) is -0.979. The molecule has 0 aromatic carbocycles. The van der Waals surface area contributed by atoms with E-state index in [4.69, 9.17) is 5.11 Å². The van der Waals surface area contributed by atoms with Gasteiger partial charge in [-0.3, -0.25) is 0 Å². The van der Waals surface area contributed by atoms with Gasteiger partial charge in [0.05, 0.1) is 11.7 Å². The van der Waals surface area contributed by atoms with Crippen molar-refractivity contribution in [3.8, 4) is 0 Å². The monoisotopic (exact) mass is 146 g/mol. The number of aliphatic hydroxyl groups is 3. The van der Waals surface area contributed by atoms with E-state index >= 15 is 0 Å². The van der Waals surface area contributed by atoms with Gasteiger partial charge in [0, 0.05) is 6.61 Å². The van der Waals surface area contributed by atoms with Gasteiger partial charge < -0.3 is 15.3 Å². The first-order chi connectivity index (χ1) is 4.56. The first-order valence-electron chi connectivity index (χ1n) is 3.57. The van der Waals surface area contributed by atoms with Crippen molar-refractivity contribution in [1.29, 1.82) is 0 Å². The van der Waals surface area contributed by atoms with Crippen LogP contribution in [0.25, 0.3) is 0 Å². The summed E-state index contributed by atoms with van der Waals surface area (Å²) < 4.78 is 0. The van der Waals surface area contributed by atoms with E-state index in [9.17, 15) is 10.2 Å². The molecule has 0 aromatic heterocycles. The molecule has 1 saturated carbocycles. The van der Waals surface area contributed by atoms with Gasteiger partial charge in [0.1, 0.15) is 0 Å². The molecule has 60 valence electrons. The minimum Gasteiger partial charge on any atom is -0.396 e. The van der Waals surface area contributed by atoms with Gasteiger partial charge in [-0.1, -0.05) is 0 Å². The van der Waals surface area contributed by atoms with Crippen LogP contribution in [0.3, 0.4) is 0 Å². The van der Waals surface area contributed by atoms with Crippen LogP contribution in [0.5, 0.6) is 0 Å². The van der Waals surface area contributed by atoms with Crippen LogP contribution in [0, 0.1) is 5.92 Å². The average Bonchev–Trinajstić information content (AvgIpc) is 2.08. The third kappa shape index (κ3) is 1.31. The van der Waals surface area contributed by atoms with Gasteiger partial charge in [-0.05, 0) is 25.7 Å². The Morgan fingerprint density at radius 3 is 2.40 bits per heavy atom. The Morgan fingerprint density at radius 2 is 2.20 bits per heavy atom. The van der Waals surface area contributed by atoms with Crippen molar-refractivity contribution >= 4 is 0 Å². The van der Waals surface area contributed by atoms with Crippen LogP contribution < -0.4 is 0 Å². The summed E-state index contributed by atoms with van der Waals surface area (Å²) in [4.78, 5) is 0. The molecule has 10 heavy (non-hydrogen) atoms. The van der Waals surface area contributed by atoms with E-state index in [-0.39, 0.29) is 12.5 Å². The topological polar surface area (TPSA) is 60.7 Å². The molecule has 0 bridgehead atoms. The molecule has 1 fully saturated rings. The van der Waals surface area contributed by atoms with Crippen molar-refractivity contribution in [3.05, 3.63) is 0 Å². The molecule has 3 N–H and O–H groups in total. The molecule has 0 spiro atoms. The van der Waals surface area contributed by atoms with E-state index in [1.54, 1.807) is 6.92 Å². The van der Waals surface area contributed by atoms with Crippen molar-refractivity contribution < 1.29 is 15.3 Å². The lowest BCUT2D eigenvalue weighted by molar-refractivity contribution is -0.0387. The molecule has 1 rings (SSSR count). The summed E-state index contributed by atoms with van der Waals surface area (Å²) >= 11 is 0. The molecule has 1 aliphatic rings. The van der Waals surface area contributed by atoms with E-state index in [0.717, 1.165) is 0 Å². The normalized spacial score (nSPS) is 48.0. The molecular weight excluding hydrogens is 132 g/mol. The Kier molecular flexibility index (Phi) is 1.99. The number of aliphatic hydroxyl groups excluding tert-OH is 2. The molecule has 0 radical (unpaired) electrons. The van der Waals surface area contributed by atoms with Gasteiger partial charge in [-0.15, -0.1) is 0 Å². The second kappa shape index (κ2) is 2.49. The van der Waals surface area contributed by atoms with Gasteiger partial charge in [0.2, 0.25) is 0 Å². The highest BCUT2D eigenvalue weighted by Gasteiger charge is 2.40. The van der Waals surface area contributed by atoms with Crippen LogP contribution in [-0.4, -0.2) is 33.6 Å². The van der Waals surface area contributed by atoms with Crippen LogP contribution >= 0.6 is 0 Å². The predicted octanol–water partition coefficient (Wildman–Crippen LogP) is -0.499. The molecule has 1 aliphatic carbocycles. The van der Waals surface area contributed by atoms with Crippen molar-refractivity contribution in [3.63, 3.8) is 0 Å². The summed E-state index contributed by atoms with van der Waals surface area (Å²) in [7, 11) is 0. The lowest BCUT2D eigenvalue weighted by atomic mass is 10.0. The molecule has 0 aromatic rings. The molecule has 3 nitrogen and oxygen atoms in total. The highest BCUT2D eigenvalue weighted by Crippen LogP contribution is 2.33. The lowest BCUT2D eigenvalue weighted by Gasteiger charge is -2.19. The van der Waals surface area contributed by atoms with Gasteiger partial charge in [0.25, 0.3) is 0 Å². The Bertz CT molecular complexity index is 122. The van der Waals surface area contributed by atoms with Crippen molar-refractivity contribution in [1.82, 2.24) is 0 Å². The zero-order valence-corrected chi connectivity index (χ0v) is 6.12. The van der Waals surface area contributed by atoms with Crippen molar-refractivity contribution in [2.45, 2.75) is 31.5 Å². The van der Waals surface area contributed by atoms with E-state index in [2.05, 4.69) is 0 Å². The minimum atomic E-state index is -0.979. The molecular formula is C7H14O3. The summed E-state index contributed by atoms with van der Waals surface area (Å²) in [5, 5.41) is 27.3. The van der Waals surface area contributed by atoms with Gasteiger partial charge in [0.15, 0.2) is 0 Å². The quantitative estimate of drug-likeness (QED) is 0.467. The third-order valence-corrected chi connectivity index (χ3v) is 2.23. The molecule has 0 unspecified atom stereocenters. The predicted molar refractivity (Wildman–Crippen MR) is 36.4 cm³/mol. The fourth-order valence-corrected chi connectivity index (χ4v) is 1.51. The minimum absolute atomic E-state index is 0.0627. The summed E-state index contributed by atoms with van der Waals surface area (Å²) in [6.07, 6.45) is 0.360. The lowest BCUT2D eigenvalue weighted by Crippen LogP contribution is -2.33. The van der Waals surface area contributed by atoms with Crippen molar-refractivity contribution in [2.75, 3.05) is 6.61 Å². The summed E-state index contributed by atoms with van der Waals surface area (Å²) in [6.45, 7) is 1.67. The van der Waals surface area contributed by atoms with E-state index in [1.165, 1.54) is 0 Å². The Hall–Kier alpha value is -0.120. The molecule has 3 heteroatoms. The maximum absolute atomic E-state index is 9.40. The summed E-state index contributed by atoms with van der Waals surface area (Å²) in [6, 6.07) is 0. The molecule has 0 heterocycles. The summed E-state index contributed by atoms with van der Waals surface area (Å²) in [5.74, 6) is 0.0741. The van der Waals surface area contributed by atoms with Crippen LogP contribution in [-0.2, 0) is 0 Å². The number of rotatable bonds is 1. The Labute approximate surface area is 60.3 Å². The first kappa shape index (κ1) is 7.98. The second-order valence-corrected chi connectivity index (χ2v) is 3.36. The van der Waals surface area contributed by atoms with Crippen molar-refractivity contribution in [2.24, 2.45) is 5.92 Å². The fraction of sp³-hybridized carbons (Fsp3) is 1.00. The first-order valence-corrected chi connectivity index (χ1v) is 3.57. The van der Waals surface area contributed by atoms with Gasteiger partial charge in [-0.25, -0.2) is 0 Å². The standard InChI is InChI=1S/C7H14O3/c1-7(10)3-5(4-8)2-6(7)9/h5-6,8-10H,2-4H2,1H3/t5-,6+,7-/m1/s1. The van der Waals surface area contributed by atoms with Crippen LogP contribution in [0.15, 0.2) is 0 Å². The zero-order chi connectivity index (χ0) is 7.78. The third-order valence-electron chi connectivity index (χ3n) is 2.23. The van der Waals surface area contributed by atoms with Crippen LogP contribution in [0.2, 0.25) is 0 Å². The maximum atomic E-state index is 9.40. The largest absolute Gasteiger partial charge is 0.396 e. The van der Waals surface area contributed by atoms with E-state index in [1.807, 2.05) is 0 Å². The zero-order valence-electron chi connectivity index (χ0n) is 6.12. The maximum Gasteiger partial charge on any atom is 0.0881 e. The Balaban J connectivity index is 2.53. The highest BCUT2D eigenvalue weighted by molar-refractivity contribution is 4.92. The van der Waals surface area contributed by atoms with Gasteiger partial charge >= 0.3 is 0 Å². The van der Waals surface area contributed by atoms with Gasteiger partial charge in [-0.2, -0.15) is 0 Å². The Morgan fingerprint density at radius 1 is 1.60 bits per heavy atom. The van der Waals surface area contributed by atoms with Crippen LogP contribution in [0.4, 0.5) is 0 Å². The van der Waals surface area contributed by atoms with E-state index in [0.29, 0.717) is 12.8 Å². The average molecular weight is 146 g/mol. The van der Waals surface area contributed by atoms with E-state index < -0.39 is 11.7 Å². The second-order valence-electron chi connectivity index (χ2n) is 3.36. The highest BCUT2D eigenvalue weighted by atomic mass is 16.3. The molecule has 0 amide bonds. The number of hydrogen-bond donors (Lipinski definition) is 3. The smallest absolute Gasteiger partial charge is 0.0881 e.